The SMILES string of the molecule is COc1nc(C)c(OC)c(C(C)N)n1. The van der Waals surface area contributed by atoms with Gasteiger partial charge in [-0.25, -0.2) is 0 Å². The van der Waals surface area contributed by atoms with Gasteiger partial charge in [-0.2, -0.15) is 9.97 Å². The van der Waals surface area contributed by atoms with E-state index in [1.807, 2.05) is 13.8 Å². The second kappa shape index (κ2) is 4.23. The molecule has 0 aromatic carbocycles. The lowest BCUT2D eigenvalue weighted by molar-refractivity contribution is 0.359. The molecular weight excluding hydrogens is 182 g/mol. The largest absolute Gasteiger partial charge is 0.493 e. The number of ether oxygens (including phenoxy) is 2. The van der Waals surface area contributed by atoms with Gasteiger partial charge in [0.05, 0.1) is 19.9 Å². The van der Waals surface area contributed by atoms with Gasteiger partial charge < -0.3 is 15.2 Å². The lowest BCUT2D eigenvalue weighted by atomic mass is 10.2. The minimum absolute atomic E-state index is 0.208. The van der Waals surface area contributed by atoms with Crippen LogP contribution in [0.25, 0.3) is 0 Å². The highest BCUT2D eigenvalue weighted by Crippen LogP contribution is 2.26. The van der Waals surface area contributed by atoms with Gasteiger partial charge in [-0.15, -0.1) is 0 Å². The van der Waals surface area contributed by atoms with Crippen molar-refractivity contribution in [2.24, 2.45) is 5.73 Å². The minimum atomic E-state index is -0.208. The molecule has 1 rings (SSSR count). The number of hydrogen-bond donors (Lipinski definition) is 1. The predicted molar refractivity (Wildman–Crippen MR) is 52.5 cm³/mol. The van der Waals surface area contributed by atoms with Crippen LogP contribution in [-0.2, 0) is 0 Å². The fourth-order valence-corrected chi connectivity index (χ4v) is 1.21. The number of rotatable bonds is 3. The molecule has 1 heterocycles. The summed E-state index contributed by atoms with van der Waals surface area (Å²) in [6.07, 6.45) is 0. The topological polar surface area (TPSA) is 70.3 Å². The van der Waals surface area contributed by atoms with Gasteiger partial charge in [0.2, 0.25) is 0 Å². The Morgan fingerprint density at radius 1 is 1.21 bits per heavy atom. The van der Waals surface area contributed by atoms with Crippen molar-refractivity contribution in [1.82, 2.24) is 9.97 Å². The number of hydrogen-bond acceptors (Lipinski definition) is 5. The molecule has 0 aliphatic carbocycles. The fraction of sp³-hybridized carbons (Fsp3) is 0.556. The minimum Gasteiger partial charge on any atom is -0.493 e. The number of nitrogens with two attached hydrogens (primary N) is 1. The van der Waals surface area contributed by atoms with Crippen molar-refractivity contribution in [2.45, 2.75) is 19.9 Å². The van der Waals surface area contributed by atoms with E-state index in [4.69, 9.17) is 15.2 Å². The summed E-state index contributed by atoms with van der Waals surface area (Å²) < 4.78 is 10.1. The van der Waals surface area contributed by atoms with Crippen molar-refractivity contribution in [1.29, 1.82) is 0 Å². The Kier molecular flexibility index (Phi) is 3.24. The number of aryl methyl sites for hydroxylation is 1. The summed E-state index contributed by atoms with van der Waals surface area (Å²) in [5.41, 5.74) is 7.15. The van der Waals surface area contributed by atoms with Crippen LogP contribution < -0.4 is 15.2 Å². The Morgan fingerprint density at radius 2 is 1.86 bits per heavy atom. The van der Waals surface area contributed by atoms with E-state index in [1.54, 1.807) is 7.11 Å². The van der Waals surface area contributed by atoms with E-state index in [2.05, 4.69) is 9.97 Å². The van der Waals surface area contributed by atoms with E-state index < -0.39 is 0 Å². The standard InChI is InChI=1S/C9H15N3O2/c1-5(10)7-8(13-3)6(2)11-9(12-7)14-4/h5H,10H2,1-4H3. The molecule has 0 amide bonds. The molecule has 0 saturated carbocycles. The lowest BCUT2D eigenvalue weighted by Crippen LogP contribution is -2.12. The van der Waals surface area contributed by atoms with Crippen molar-refractivity contribution in [3.05, 3.63) is 11.4 Å². The summed E-state index contributed by atoms with van der Waals surface area (Å²) in [4.78, 5) is 8.23. The molecule has 0 spiro atoms. The normalized spacial score (nSPS) is 12.4. The van der Waals surface area contributed by atoms with Crippen molar-refractivity contribution in [3.8, 4) is 11.8 Å². The Bertz CT molecular complexity index is 326. The molecule has 1 atom stereocenters. The molecule has 5 heteroatoms. The Labute approximate surface area is 83.3 Å². The van der Waals surface area contributed by atoms with Gasteiger partial charge in [-0.1, -0.05) is 0 Å². The molecule has 0 radical (unpaired) electrons. The average molecular weight is 197 g/mol. The van der Waals surface area contributed by atoms with E-state index in [0.29, 0.717) is 17.5 Å². The molecule has 5 nitrogen and oxygen atoms in total. The van der Waals surface area contributed by atoms with Gasteiger partial charge in [0.15, 0.2) is 5.75 Å². The van der Waals surface area contributed by atoms with Crippen LogP contribution in [0.1, 0.15) is 24.4 Å². The van der Waals surface area contributed by atoms with Gasteiger partial charge in [-0.05, 0) is 13.8 Å². The zero-order valence-corrected chi connectivity index (χ0v) is 8.87. The first-order valence-corrected chi connectivity index (χ1v) is 4.32. The monoisotopic (exact) mass is 197 g/mol. The van der Waals surface area contributed by atoms with Crippen LogP contribution in [-0.4, -0.2) is 24.2 Å². The Morgan fingerprint density at radius 3 is 2.29 bits per heavy atom. The zero-order valence-electron chi connectivity index (χ0n) is 8.87. The van der Waals surface area contributed by atoms with Crippen molar-refractivity contribution >= 4 is 0 Å². The van der Waals surface area contributed by atoms with Crippen LogP contribution in [0.4, 0.5) is 0 Å². The summed E-state index contributed by atoms with van der Waals surface area (Å²) in [6, 6.07) is 0.108. The first-order chi connectivity index (χ1) is 6.60. The van der Waals surface area contributed by atoms with Gasteiger partial charge in [0.25, 0.3) is 0 Å². The molecule has 2 N–H and O–H groups in total. The highest BCUT2D eigenvalue weighted by atomic mass is 16.5. The molecule has 0 aliphatic heterocycles. The van der Waals surface area contributed by atoms with E-state index in [0.717, 1.165) is 5.69 Å². The first-order valence-electron chi connectivity index (χ1n) is 4.32. The van der Waals surface area contributed by atoms with Gasteiger partial charge in [-0.3, -0.25) is 0 Å². The maximum atomic E-state index is 5.76. The first kappa shape index (κ1) is 10.7. The van der Waals surface area contributed by atoms with Crippen LogP contribution in [0.15, 0.2) is 0 Å². The van der Waals surface area contributed by atoms with Gasteiger partial charge >= 0.3 is 6.01 Å². The molecule has 14 heavy (non-hydrogen) atoms. The third-order valence-corrected chi connectivity index (χ3v) is 1.86. The second-order valence-corrected chi connectivity index (χ2v) is 3.00. The number of nitrogens with zero attached hydrogens (tertiary/aromatic N) is 2. The van der Waals surface area contributed by atoms with E-state index in [1.165, 1.54) is 7.11 Å². The summed E-state index contributed by atoms with van der Waals surface area (Å²) in [5, 5.41) is 0. The molecule has 0 aliphatic rings. The van der Waals surface area contributed by atoms with Crippen LogP contribution in [0.2, 0.25) is 0 Å². The molecule has 1 aromatic rings. The van der Waals surface area contributed by atoms with Crippen LogP contribution in [0, 0.1) is 6.92 Å². The molecule has 0 saturated heterocycles. The zero-order chi connectivity index (χ0) is 10.7. The molecule has 1 aromatic heterocycles. The van der Waals surface area contributed by atoms with Crippen LogP contribution in [0.5, 0.6) is 11.8 Å². The van der Waals surface area contributed by atoms with Crippen molar-refractivity contribution in [3.63, 3.8) is 0 Å². The lowest BCUT2D eigenvalue weighted by Gasteiger charge is -2.13. The highest BCUT2D eigenvalue weighted by Gasteiger charge is 2.15. The van der Waals surface area contributed by atoms with E-state index in [9.17, 15) is 0 Å². The quantitative estimate of drug-likeness (QED) is 0.776. The fourth-order valence-electron chi connectivity index (χ4n) is 1.21. The predicted octanol–water partition coefficient (Wildman–Crippen LogP) is 0.822. The summed E-state index contributed by atoms with van der Waals surface area (Å²) >= 11 is 0. The third kappa shape index (κ3) is 1.93. The number of aromatic nitrogens is 2. The second-order valence-electron chi connectivity index (χ2n) is 3.00. The number of methoxy groups -OCH3 is 2. The average Bonchev–Trinajstić information content (AvgIpc) is 2.16. The Hall–Kier alpha value is -1.36. The van der Waals surface area contributed by atoms with Crippen molar-refractivity contribution in [2.75, 3.05) is 14.2 Å². The third-order valence-electron chi connectivity index (χ3n) is 1.86. The van der Waals surface area contributed by atoms with Crippen LogP contribution >= 0.6 is 0 Å². The highest BCUT2D eigenvalue weighted by molar-refractivity contribution is 5.35. The Balaban J connectivity index is 3.28. The summed E-state index contributed by atoms with van der Waals surface area (Å²) in [6.45, 7) is 3.67. The van der Waals surface area contributed by atoms with Gasteiger partial charge in [0.1, 0.15) is 5.69 Å². The van der Waals surface area contributed by atoms with Crippen molar-refractivity contribution < 1.29 is 9.47 Å². The summed E-state index contributed by atoms with van der Waals surface area (Å²) in [7, 11) is 3.09. The smallest absolute Gasteiger partial charge is 0.316 e. The van der Waals surface area contributed by atoms with E-state index in [-0.39, 0.29) is 6.04 Å². The maximum Gasteiger partial charge on any atom is 0.316 e. The van der Waals surface area contributed by atoms with Gasteiger partial charge in [0, 0.05) is 6.04 Å². The molecule has 0 bridgehead atoms. The van der Waals surface area contributed by atoms with Crippen LogP contribution in [0.3, 0.4) is 0 Å². The van der Waals surface area contributed by atoms with E-state index >= 15 is 0 Å². The molecular formula is C9H15N3O2. The molecule has 78 valence electrons. The summed E-state index contributed by atoms with van der Waals surface area (Å²) in [5.74, 6) is 0.626. The maximum absolute atomic E-state index is 5.76. The molecule has 1 unspecified atom stereocenters. The molecule has 0 fully saturated rings.